The minimum Gasteiger partial charge on any atom is -0.351 e. The molecule has 7 heteroatoms. The van der Waals surface area contributed by atoms with Crippen molar-refractivity contribution in [1.82, 2.24) is 24.1 Å². The molecule has 1 aliphatic rings. The smallest absolute Gasteiger partial charge is 0.203 e. The zero-order valence-corrected chi connectivity index (χ0v) is 13.8. The molecule has 0 saturated carbocycles. The summed E-state index contributed by atoms with van der Waals surface area (Å²) in [6, 6.07) is 10.1. The number of fused-ring (bicyclic) bond motifs is 1. The number of anilines is 1. The van der Waals surface area contributed by atoms with Crippen molar-refractivity contribution in [3.63, 3.8) is 0 Å². The predicted octanol–water partition coefficient (Wildman–Crippen LogP) is 3.31. The van der Waals surface area contributed by atoms with Crippen LogP contribution in [0.1, 0.15) is 37.5 Å². The molecule has 3 heterocycles. The van der Waals surface area contributed by atoms with Crippen LogP contribution in [0, 0.1) is 0 Å². The fourth-order valence-electron chi connectivity index (χ4n) is 2.89. The molecule has 3 aromatic rings. The number of nitrogens with zero attached hydrogens (tertiary/aromatic N) is 5. The van der Waals surface area contributed by atoms with Crippen LogP contribution in [0.2, 0.25) is 0 Å². The van der Waals surface area contributed by atoms with E-state index in [4.69, 9.17) is 0 Å². The lowest BCUT2D eigenvalue weighted by molar-refractivity contribution is 0.501. The van der Waals surface area contributed by atoms with E-state index in [1.54, 1.807) is 0 Å². The van der Waals surface area contributed by atoms with Gasteiger partial charge >= 0.3 is 0 Å². The van der Waals surface area contributed by atoms with Crippen LogP contribution in [0.5, 0.6) is 0 Å². The highest BCUT2D eigenvalue weighted by molar-refractivity contribution is 7.09. The maximum atomic E-state index is 4.58. The van der Waals surface area contributed by atoms with Gasteiger partial charge in [-0.2, -0.15) is 9.36 Å². The highest BCUT2D eigenvalue weighted by atomic mass is 32.1. The summed E-state index contributed by atoms with van der Waals surface area (Å²) in [5, 5.41) is 12.9. The number of hydrogen-bond donors (Lipinski definition) is 1. The van der Waals surface area contributed by atoms with Crippen LogP contribution in [0.4, 0.5) is 5.13 Å². The van der Waals surface area contributed by atoms with Crippen molar-refractivity contribution in [2.75, 3.05) is 5.32 Å². The van der Waals surface area contributed by atoms with Crippen LogP contribution in [-0.2, 0) is 13.0 Å². The highest BCUT2D eigenvalue weighted by Gasteiger charge is 2.20. The molecule has 1 N–H and O–H groups in total. The monoisotopic (exact) mass is 326 g/mol. The summed E-state index contributed by atoms with van der Waals surface area (Å²) in [6.45, 7) is 3.10. The van der Waals surface area contributed by atoms with Gasteiger partial charge in [0, 0.05) is 30.1 Å². The molecule has 0 spiro atoms. The SMILES string of the molecule is CC(Nc1nc(-c2ccccc2)ns1)c1nnc2n1CCCC2. The van der Waals surface area contributed by atoms with Crippen molar-refractivity contribution in [2.45, 2.75) is 38.8 Å². The Morgan fingerprint density at radius 1 is 1.17 bits per heavy atom. The quantitative estimate of drug-likeness (QED) is 0.796. The lowest BCUT2D eigenvalue weighted by Gasteiger charge is -2.18. The maximum absolute atomic E-state index is 4.58. The Morgan fingerprint density at radius 3 is 2.91 bits per heavy atom. The molecular weight excluding hydrogens is 308 g/mol. The number of benzene rings is 1. The first-order valence-electron chi connectivity index (χ1n) is 7.89. The summed E-state index contributed by atoms with van der Waals surface area (Å²) < 4.78 is 6.67. The van der Waals surface area contributed by atoms with Crippen LogP contribution in [-0.4, -0.2) is 24.1 Å². The van der Waals surface area contributed by atoms with E-state index in [1.165, 1.54) is 24.4 Å². The van der Waals surface area contributed by atoms with E-state index in [9.17, 15) is 0 Å². The fourth-order valence-corrected chi connectivity index (χ4v) is 3.56. The van der Waals surface area contributed by atoms with E-state index in [1.807, 2.05) is 30.3 Å². The minimum absolute atomic E-state index is 0.0610. The van der Waals surface area contributed by atoms with Crippen LogP contribution in [0.25, 0.3) is 11.4 Å². The van der Waals surface area contributed by atoms with Crippen molar-refractivity contribution in [2.24, 2.45) is 0 Å². The number of aryl methyl sites for hydroxylation is 1. The van der Waals surface area contributed by atoms with Crippen LogP contribution < -0.4 is 5.32 Å². The lowest BCUT2D eigenvalue weighted by Crippen LogP contribution is -2.18. The van der Waals surface area contributed by atoms with Gasteiger partial charge in [-0.3, -0.25) is 0 Å². The summed E-state index contributed by atoms with van der Waals surface area (Å²) in [6.07, 6.45) is 3.43. The Balaban J connectivity index is 1.52. The highest BCUT2D eigenvalue weighted by Crippen LogP contribution is 2.25. The van der Waals surface area contributed by atoms with Crippen molar-refractivity contribution in [3.05, 3.63) is 42.0 Å². The molecule has 0 bridgehead atoms. The summed E-state index contributed by atoms with van der Waals surface area (Å²) in [5.41, 5.74) is 1.03. The molecule has 4 rings (SSSR count). The van der Waals surface area contributed by atoms with Crippen molar-refractivity contribution >= 4 is 16.7 Å². The van der Waals surface area contributed by atoms with E-state index in [0.29, 0.717) is 0 Å². The van der Waals surface area contributed by atoms with Crippen LogP contribution in [0.3, 0.4) is 0 Å². The van der Waals surface area contributed by atoms with Gasteiger partial charge in [0.25, 0.3) is 0 Å². The second-order valence-corrected chi connectivity index (χ2v) is 6.49. The first-order chi connectivity index (χ1) is 11.3. The topological polar surface area (TPSA) is 68.5 Å². The molecule has 0 radical (unpaired) electrons. The second kappa shape index (κ2) is 6.08. The van der Waals surface area contributed by atoms with Crippen LogP contribution in [0.15, 0.2) is 30.3 Å². The Morgan fingerprint density at radius 2 is 2.04 bits per heavy atom. The van der Waals surface area contributed by atoms with Crippen molar-refractivity contribution in [1.29, 1.82) is 0 Å². The number of rotatable bonds is 4. The van der Waals surface area contributed by atoms with Gasteiger partial charge in [0.15, 0.2) is 11.6 Å². The summed E-state index contributed by atoms with van der Waals surface area (Å²) in [7, 11) is 0. The third-order valence-corrected chi connectivity index (χ3v) is 4.72. The van der Waals surface area contributed by atoms with Crippen molar-refractivity contribution < 1.29 is 0 Å². The van der Waals surface area contributed by atoms with Gasteiger partial charge in [0.05, 0.1) is 6.04 Å². The molecule has 1 atom stereocenters. The van der Waals surface area contributed by atoms with E-state index in [2.05, 4.69) is 36.4 Å². The zero-order chi connectivity index (χ0) is 15.6. The standard InChI is InChI=1S/C16H18N6S/c1-11(15-20-19-13-9-5-6-10-22(13)15)17-16-18-14(21-23-16)12-7-3-2-4-8-12/h2-4,7-8,11H,5-6,9-10H2,1H3,(H,17,18,21). The molecule has 0 amide bonds. The second-order valence-electron chi connectivity index (χ2n) is 5.74. The first kappa shape index (κ1) is 14.3. The van der Waals surface area contributed by atoms with Crippen molar-refractivity contribution in [3.8, 4) is 11.4 Å². The molecule has 0 saturated heterocycles. The summed E-state index contributed by atoms with van der Waals surface area (Å²) in [4.78, 5) is 4.58. The molecule has 118 valence electrons. The fraction of sp³-hybridized carbons (Fsp3) is 0.375. The Bertz CT molecular complexity index is 794. The van der Waals surface area contributed by atoms with Gasteiger partial charge < -0.3 is 9.88 Å². The molecule has 23 heavy (non-hydrogen) atoms. The molecule has 1 aliphatic heterocycles. The lowest BCUT2D eigenvalue weighted by atomic mass is 10.1. The average molecular weight is 326 g/mol. The van der Waals surface area contributed by atoms with Gasteiger partial charge in [-0.15, -0.1) is 10.2 Å². The summed E-state index contributed by atoms with van der Waals surface area (Å²) >= 11 is 1.38. The number of aromatic nitrogens is 5. The van der Waals surface area contributed by atoms with Gasteiger partial charge in [-0.05, 0) is 19.8 Å². The van der Waals surface area contributed by atoms with E-state index < -0.39 is 0 Å². The molecule has 1 unspecified atom stereocenters. The van der Waals surface area contributed by atoms with Crippen LogP contribution >= 0.6 is 11.5 Å². The molecule has 2 aromatic heterocycles. The van der Waals surface area contributed by atoms with E-state index in [-0.39, 0.29) is 6.04 Å². The number of hydrogen-bond acceptors (Lipinski definition) is 6. The third kappa shape index (κ3) is 2.84. The maximum Gasteiger partial charge on any atom is 0.203 e. The van der Waals surface area contributed by atoms with Gasteiger partial charge in [0.2, 0.25) is 5.13 Å². The Labute approximate surface area is 138 Å². The molecule has 0 fully saturated rings. The predicted molar refractivity (Wildman–Crippen MR) is 90.3 cm³/mol. The van der Waals surface area contributed by atoms with E-state index >= 15 is 0 Å². The molecule has 6 nitrogen and oxygen atoms in total. The van der Waals surface area contributed by atoms with Gasteiger partial charge in [0.1, 0.15) is 5.82 Å². The number of nitrogens with one attached hydrogen (secondary N) is 1. The van der Waals surface area contributed by atoms with Gasteiger partial charge in [-0.1, -0.05) is 30.3 Å². The largest absolute Gasteiger partial charge is 0.351 e. The molecule has 1 aromatic carbocycles. The Kier molecular flexibility index (Phi) is 3.78. The summed E-state index contributed by atoms with van der Waals surface area (Å²) in [5.74, 6) is 2.84. The zero-order valence-electron chi connectivity index (χ0n) is 12.9. The minimum atomic E-state index is 0.0610. The van der Waals surface area contributed by atoms with Gasteiger partial charge in [-0.25, -0.2) is 0 Å². The third-order valence-electron chi connectivity index (χ3n) is 4.07. The van der Waals surface area contributed by atoms with E-state index in [0.717, 1.165) is 41.1 Å². The first-order valence-corrected chi connectivity index (χ1v) is 8.66. The Hall–Kier alpha value is -2.28. The average Bonchev–Trinajstić information content (AvgIpc) is 3.22. The molecule has 0 aliphatic carbocycles. The molecular formula is C16H18N6S. The normalized spacial score (nSPS) is 15.2.